The number of carbonyl (C=O) groups is 3. The highest BCUT2D eigenvalue weighted by Crippen LogP contribution is 2.39. The van der Waals surface area contributed by atoms with E-state index in [0.717, 1.165) is 11.1 Å². The lowest BCUT2D eigenvalue weighted by Gasteiger charge is -2.39. The topological polar surface area (TPSA) is 76.2 Å². The van der Waals surface area contributed by atoms with Crippen LogP contribution in [0.5, 0.6) is 0 Å². The molecule has 7 nitrogen and oxygen atoms in total. The van der Waals surface area contributed by atoms with Crippen LogP contribution < -0.4 is 0 Å². The van der Waals surface area contributed by atoms with Gasteiger partial charge < -0.3 is 9.47 Å². The van der Waals surface area contributed by atoms with Crippen molar-refractivity contribution in [3.05, 3.63) is 58.7 Å². The predicted molar refractivity (Wildman–Crippen MR) is 137 cm³/mol. The van der Waals surface area contributed by atoms with E-state index in [4.69, 9.17) is 9.47 Å². The molecule has 0 spiro atoms. The zero-order valence-corrected chi connectivity index (χ0v) is 21.6. The largest absolute Gasteiger partial charge is 0.379 e. The first-order valence-corrected chi connectivity index (χ1v) is 12.7. The molecule has 7 heteroatoms. The third-order valence-electron chi connectivity index (χ3n) is 8.06. The third kappa shape index (κ3) is 4.14. The SMILES string of the molecule is CC(C)(C(=O)c1ccc2c(c1)C(=O)c1cc(C(=O)C(C)(C)N3CCOCC3)ccc1-2)N1CCOCC1. The second kappa shape index (κ2) is 9.30. The van der Waals surface area contributed by atoms with E-state index in [1.54, 1.807) is 12.1 Å². The first-order chi connectivity index (χ1) is 17.1. The van der Waals surface area contributed by atoms with Gasteiger partial charge in [-0.05, 0) is 51.0 Å². The normalized spacial score (nSPS) is 19.2. The van der Waals surface area contributed by atoms with E-state index in [9.17, 15) is 14.4 Å². The number of hydrogen-bond donors (Lipinski definition) is 0. The number of rotatable bonds is 6. The summed E-state index contributed by atoms with van der Waals surface area (Å²) in [5, 5.41) is 0. The zero-order valence-electron chi connectivity index (χ0n) is 21.6. The molecule has 5 rings (SSSR count). The summed E-state index contributed by atoms with van der Waals surface area (Å²) in [5.74, 6) is -0.171. The quantitative estimate of drug-likeness (QED) is 0.490. The summed E-state index contributed by atoms with van der Waals surface area (Å²) in [6.07, 6.45) is 0. The number of morpholine rings is 2. The van der Waals surface area contributed by atoms with E-state index >= 15 is 0 Å². The van der Waals surface area contributed by atoms with E-state index in [-0.39, 0.29) is 17.3 Å². The molecule has 3 aliphatic rings. The fraction of sp³-hybridized carbons (Fsp3) is 0.483. The molecule has 0 amide bonds. The molecule has 0 bridgehead atoms. The highest BCUT2D eigenvalue weighted by Gasteiger charge is 2.39. The van der Waals surface area contributed by atoms with Crippen molar-refractivity contribution in [2.75, 3.05) is 52.6 Å². The van der Waals surface area contributed by atoms with Gasteiger partial charge in [-0.1, -0.05) is 24.3 Å². The zero-order chi connectivity index (χ0) is 25.7. The summed E-state index contributed by atoms with van der Waals surface area (Å²) in [6, 6.07) is 10.8. The molecule has 2 aromatic carbocycles. The Kier molecular flexibility index (Phi) is 6.45. The highest BCUT2D eigenvalue weighted by atomic mass is 16.5. The van der Waals surface area contributed by atoms with Crippen LogP contribution in [0.3, 0.4) is 0 Å². The van der Waals surface area contributed by atoms with Crippen LogP contribution in [0.2, 0.25) is 0 Å². The van der Waals surface area contributed by atoms with Crippen LogP contribution in [0.15, 0.2) is 36.4 Å². The third-order valence-corrected chi connectivity index (χ3v) is 8.06. The summed E-state index contributed by atoms with van der Waals surface area (Å²) in [5.41, 5.74) is 2.31. The molecule has 36 heavy (non-hydrogen) atoms. The van der Waals surface area contributed by atoms with Gasteiger partial charge in [-0.25, -0.2) is 0 Å². The minimum Gasteiger partial charge on any atom is -0.379 e. The Hall–Kier alpha value is -2.71. The van der Waals surface area contributed by atoms with Crippen LogP contribution in [-0.4, -0.2) is 90.8 Å². The van der Waals surface area contributed by atoms with Crippen molar-refractivity contribution in [1.82, 2.24) is 9.80 Å². The molecule has 190 valence electrons. The molecule has 2 aliphatic heterocycles. The molecule has 0 unspecified atom stereocenters. The van der Waals surface area contributed by atoms with Crippen molar-refractivity contribution < 1.29 is 23.9 Å². The molecule has 0 radical (unpaired) electrons. The maximum Gasteiger partial charge on any atom is 0.194 e. The summed E-state index contributed by atoms with van der Waals surface area (Å²) < 4.78 is 10.9. The lowest BCUT2D eigenvalue weighted by atomic mass is 9.89. The summed E-state index contributed by atoms with van der Waals surface area (Å²) in [4.78, 5) is 44.7. The van der Waals surface area contributed by atoms with Gasteiger partial charge in [-0.2, -0.15) is 0 Å². The van der Waals surface area contributed by atoms with Gasteiger partial charge in [0, 0.05) is 48.4 Å². The molecule has 2 aromatic rings. The fourth-order valence-electron chi connectivity index (χ4n) is 5.60. The number of Topliss-reactive ketones (excluding diaryl/α,β-unsaturated/α-hetero) is 2. The Morgan fingerprint density at radius 3 is 1.36 bits per heavy atom. The van der Waals surface area contributed by atoms with Gasteiger partial charge in [0.2, 0.25) is 0 Å². The van der Waals surface area contributed by atoms with E-state index in [1.807, 2.05) is 52.0 Å². The van der Waals surface area contributed by atoms with Crippen molar-refractivity contribution >= 4 is 17.3 Å². The number of nitrogens with zero attached hydrogens (tertiary/aromatic N) is 2. The standard InChI is InChI=1S/C29H34N2O5/c1-28(2,30-9-13-35-14-10-30)26(33)19-5-7-21-22-8-6-20(18-24(22)25(32)23(21)17-19)27(34)29(3,4)31-11-15-36-16-12-31/h5-8,17-18H,9-16H2,1-4H3. The molecular formula is C29H34N2O5. The summed E-state index contributed by atoms with van der Waals surface area (Å²) in [7, 11) is 0. The van der Waals surface area contributed by atoms with Gasteiger partial charge >= 0.3 is 0 Å². The van der Waals surface area contributed by atoms with Crippen molar-refractivity contribution in [2.24, 2.45) is 0 Å². The van der Waals surface area contributed by atoms with Gasteiger partial charge in [0.15, 0.2) is 17.3 Å². The molecule has 2 saturated heterocycles. The lowest BCUT2D eigenvalue weighted by Crippen LogP contribution is -2.54. The second-order valence-corrected chi connectivity index (χ2v) is 10.8. The Bertz CT molecular complexity index is 1130. The molecule has 0 aromatic heterocycles. The lowest BCUT2D eigenvalue weighted by molar-refractivity contribution is -0.00442. The van der Waals surface area contributed by atoms with E-state index in [1.165, 1.54) is 0 Å². The van der Waals surface area contributed by atoms with Gasteiger partial charge in [0.1, 0.15) is 0 Å². The van der Waals surface area contributed by atoms with Crippen LogP contribution in [0.1, 0.15) is 64.3 Å². The van der Waals surface area contributed by atoms with Crippen molar-refractivity contribution in [1.29, 1.82) is 0 Å². The second-order valence-electron chi connectivity index (χ2n) is 10.8. The fourth-order valence-corrected chi connectivity index (χ4v) is 5.60. The van der Waals surface area contributed by atoms with Gasteiger partial charge in [-0.15, -0.1) is 0 Å². The first-order valence-electron chi connectivity index (χ1n) is 12.7. The van der Waals surface area contributed by atoms with Crippen molar-refractivity contribution in [3.63, 3.8) is 0 Å². The molecule has 2 fully saturated rings. The molecule has 1 aliphatic carbocycles. The predicted octanol–water partition coefficient (Wildman–Crippen LogP) is 3.49. The Morgan fingerprint density at radius 2 is 1.00 bits per heavy atom. The average molecular weight is 491 g/mol. The van der Waals surface area contributed by atoms with Crippen molar-refractivity contribution in [2.45, 2.75) is 38.8 Å². The van der Waals surface area contributed by atoms with Crippen molar-refractivity contribution in [3.8, 4) is 11.1 Å². The summed E-state index contributed by atoms with van der Waals surface area (Å²) >= 11 is 0. The van der Waals surface area contributed by atoms with Crippen LogP contribution in [0.4, 0.5) is 0 Å². The maximum absolute atomic E-state index is 13.5. The van der Waals surface area contributed by atoms with Crippen LogP contribution >= 0.6 is 0 Å². The minimum atomic E-state index is -0.697. The molecule has 0 N–H and O–H groups in total. The number of ketones is 3. The first kappa shape index (κ1) is 25.0. The number of benzene rings is 2. The Labute approximate surface area is 212 Å². The van der Waals surface area contributed by atoms with Crippen LogP contribution in [0, 0.1) is 0 Å². The minimum absolute atomic E-state index is 0.0147. The van der Waals surface area contributed by atoms with E-state index in [0.29, 0.717) is 74.9 Å². The Balaban J connectivity index is 1.41. The number of fused-ring (bicyclic) bond motifs is 3. The average Bonchev–Trinajstić information content (AvgIpc) is 3.19. The number of carbonyl (C=O) groups excluding carboxylic acids is 3. The van der Waals surface area contributed by atoms with Crippen LogP contribution in [0.25, 0.3) is 11.1 Å². The Morgan fingerprint density at radius 1 is 0.639 bits per heavy atom. The molecule has 0 saturated carbocycles. The van der Waals surface area contributed by atoms with Gasteiger partial charge in [-0.3, -0.25) is 24.2 Å². The summed E-state index contributed by atoms with van der Waals surface area (Å²) in [6.45, 7) is 13.0. The van der Waals surface area contributed by atoms with Gasteiger partial charge in [0.25, 0.3) is 0 Å². The monoisotopic (exact) mass is 490 g/mol. The molecule has 2 heterocycles. The van der Waals surface area contributed by atoms with E-state index < -0.39 is 11.1 Å². The molecule has 0 atom stereocenters. The van der Waals surface area contributed by atoms with Crippen LogP contribution in [-0.2, 0) is 9.47 Å². The maximum atomic E-state index is 13.5. The smallest absolute Gasteiger partial charge is 0.194 e. The van der Waals surface area contributed by atoms with Gasteiger partial charge in [0.05, 0.1) is 37.5 Å². The molecular weight excluding hydrogens is 456 g/mol. The highest BCUT2D eigenvalue weighted by molar-refractivity contribution is 6.23. The number of ether oxygens (including phenoxy) is 2. The number of hydrogen-bond acceptors (Lipinski definition) is 7. The van der Waals surface area contributed by atoms with E-state index in [2.05, 4.69) is 9.80 Å².